The van der Waals surface area contributed by atoms with Gasteiger partial charge in [0.05, 0.1) is 5.75 Å². The van der Waals surface area contributed by atoms with Crippen LogP contribution in [0.2, 0.25) is 0 Å². The Hall–Kier alpha value is -1.54. The second-order valence-corrected chi connectivity index (χ2v) is 5.16. The third-order valence-electron chi connectivity index (χ3n) is 2.53. The van der Waals surface area contributed by atoms with Crippen molar-refractivity contribution in [3.8, 4) is 0 Å². The molecule has 0 aromatic heterocycles. The lowest BCUT2D eigenvalue weighted by Crippen LogP contribution is -2.25. The van der Waals surface area contributed by atoms with Gasteiger partial charge in [0.25, 0.3) is 0 Å². The second-order valence-electron chi connectivity index (χ2n) is 4.14. The predicted octanol–water partition coefficient (Wildman–Crippen LogP) is 3.41. The summed E-state index contributed by atoms with van der Waals surface area (Å²) in [6.45, 7) is 6.58. The van der Waals surface area contributed by atoms with E-state index in [9.17, 15) is 4.79 Å². The minimum atomic E-state index is 0.0508. The molecular weight excluding hydrogens is 246 g/mol. The molecule has 1 rings (SSSR count). The topological polar surface area (TPSA) is 57.2 Å². The molecule has 0 fully saturated rings. The minimum Gasteiger partial charge on any atom is -0.355 e. The molecule has 0 atom stereocenters. The van der Waals surface area contributed by atoms with Crippen LogP contribution >= 0.6 is 11.8 Å². The molecule has 5 heteroatoms. The van der Waals surface area contributed by atoms with Crippen molar-refractivity contribution in [2.75, 3.05) is 12.3 Å². The molecule has 0 radical (unpaired) electrons. The van der Waals surface area contributed by atoms with Crippen LogP contribution in [0.1, 0.15) is 24.5 Å². The molecule has 1 amide bonds. The van der Waals surface area contributed by atoms with Crippen LogP contribution in [-0.2, 0) is 4.79 Å². The molecule has 0 heterocycles. The molecular formula is C13H18N3OS+. The van der Waals surface area contributed by atoms with Crippen LogP contribution in [0.15, 0.2) is 17.0 Å². The van der Waals surface area contributed by atoms with E-state index in [1.165, 1.54) is 11.8 Å². The van der Waals surface area contributed by atoms with Crippen LogP contribution in [0, 0.1) is 19.2 Å². The fraction of sp³-hybridized carbons (Fsp3) is 0.462. The maximum Gasteiger partial charge on any atom is 0.388 e. The molecule has 18 heavy (non-hydrogen) atoms. The zero-order chi connectivity index (χ0) is 13.5. The molecule has 0 aliphatic rings. The van der Waals surface area contributed by atoms with Crippen LogP contribution < -0.4 is 5.32 Å². The first-order valence-corrected chi connectivity index (χ1v) is 6.93. The predicted molar refractivity (Wildman–Crippen MR) is 74.7 cm³/mol. The van der Waals surface area contributed by atoms with Crippen LogP contribution in [0.4, 0.5) is 5.69 Å². The molecule has 0 saturated heterocycles. The first kappa shape index (κ1) is 14.5. The van der Waals surface area contributed by atoms with Gasteiger partial charge in [-0.1, -0.05) is 6.92 Å². The highest BCUT2D eigenvalue weighted by Crippen LogP contribution is 2.29. The molecule has 1 N–H and O–H groups in total. The van der Waals surface area contributed by atoms with Crippen LogP contribution in [0.25, 0.3) is 4.98 Å². The van der Waals surface area contributed by atoms with Gasteiger partial charge in [0, 0.05) is 23.1 Å². The number of nitrogens with zero attached hydrogens (tertiary/aromatic N) is 2. The van der Waals surface area contributed by atoms with E-state index in [0.29, 0.717) is 11.4 Å². The Labute approximate surface area is 112 Å². The van der Waals surface area contributed by atoms with Crippen molar-refractivity contribution in [3.05, 3.63) is 28.2 Å². The van der Waals surface area contributed by atoms with Crippen molar-refractivity contribution in [3.63, 3.8) is 0 Å². The first-order chi connectivity index (χ1) is 8.58. The normalized spacial score (nSPS) is 9.89. The molecule has 0 aliphatic carbocycles. The molecule has 96 valence electrons. The maximum atomic E-state index is 11.5. The molecule has 1 aromatic rings. The number of benzene rings is 1. The molecule has 0 unspecified atom stereocenters. The lowest BCUT2D eigenvalue weighted by Gasteiger charge is -2.06. The SMILES string of the molecule is CCCNC(=O)CSc1cc(C)c([N+]#N)cc1C. The Morgan fingerprint density at radius 3 is 2.72 bits per heavy atom. The summed E-state index contributed by atoms with van der Waals surface area (Å²) < 4.78 is 0. The molecule has 4 nitrogen and oxygen atoms in total. The Kier molecular flexibility index (Phi) is 5.66. The van der Waals surface area contributed by atoms with E-state index in [4.69, 9.17) is 5.39 Å². The molecule has 0 saturated carbocycles. The van der Waals surface area contributed by atoms with Crippen molar-refractivity contribution < 1.29 is 4.79 Å². The van der Waals surface area contributed by atoms with Gasteiger partial charge in [0.2, 0.25) is 11.3 Å². The smallest absolute Gasteiger partial charge is 0.355 e. The molecule has 0 spiro atoms. The van der Waals surface area contributed by atoms with Crippen molar-refractivity contribution in [1.82, 2.24) is 5.32 Å². The maximum absolute atomic E-state index is 11.5. The zero-order valence-electron chi connectivity index (χ0n) is 11.0. The fourth-order valence-electron chi connectivity index (χ4n) is 1.50. The van der Waals surface area contributed by atoms with Gasteiger partial charge >= 0.3 is 5.69 Å². The summed E-state index contributed by atoms with van der Waals surface area (Å²) in [5, 5.41) is 11.6. The van der Waals surface area contributed by atoms with Crippen LogP contribution in [-0.4, -0.2) is 18.2 Å². The summed E-state index contributed by atoms with van der Waals surface area (Å²) in [5.74, 6) is 0.463. The van der Waals surface area contributed by atoms with E-state index < -0.39 is 0 Å². The van der Waals surface area contributed by atoms with Gasteiger partial charge in [0.15, 0.2) is 4.98 Å². The average Bonchev–Trinajstić information content (AvgIpc) is 2.36. The number of carbonyl (C=O) groups excluding carboxylic acids is 1. The van der Waals surface area contributed by atoms with Gasteiger partial charge in [0.1, 0.15) is 0 Å². The average molecular weight is 264 g/mol. The van der Waals surface area contributed by atoms with E-state index in [-0.39, 0.29) is 5.91 Å². The summed E-state index contributed by atoms with van der Waals surface area (Å²) >= 11 is 1.50. The number of rotatable bonds is 5. The Balaban J connectivity index is 2.66. The minimum absolute atomic E-state index is 0.0508. The number of diazo groups is 1. The van der Waals surface area contributed by atoms with Gasteiger partial charge in [-0.25, -0.2) is 0 Å². The Morgan fingerprint density at radius 2 is 2.11 bits per heavy atom. The van der Waals surface area contributed by atoms with Gasteiger partial charge in [-0.2, -0.15) is 0 Å². The number of nitrogens with one attached hydrogen (secondary N) is 1. The monoisotopic (exact) mass is 264 g/mol. The fourth-order valence-corrected chi connectivity index (χ4v) is 2.43. The van der Waals surface area contributed by atoms with Gasteiger partial charge < -0.3 is 5.32 Å². The summed E-state index contributed by atoms with van der Waals surface area (Å²) in [7, 11) is 0. The van der Waals surface area contributed by atoms with Crippen molar-refractivity contribution in [2.45, 2.75) is 32.1 Å². The quantitative estimate of drug-likeness (QED) is 0.655. The summed E-state index contributed by atoms with van der Waals surface area (Å²) in [4.78, 5) is 15.8. The van der Waals surface area contributed by atoms with E-state index >= 15 is 0 Å². The van der Waals surface area contributed by atoms with E-state index in [1.54, 1.807) is 0 Å². The van der Waals surface area contributed by atoms with Gasteiger partial charge in [-0.3, -0.25) is 4.79 Å². The summed E-state index contributed by atoms with van der Waals surface area (Å²) in [6, 6.07) is 3.77. The Bertz CT molecular complexity index is 480. The van der Waals surface area contributed by atoms with E-state index in [2.05, 4.69) is 10.3 Å². The van der Waals surface area contributed by atoms with E-state index in [0.717, 1.165) is 29.0 Å². The van der Waals surface area contributed by atoms with Crippen molar-refractivity contribution in [2.24, 2.45) is 0 Å². The largest absolute Gasteiger partial charge is 0.388 e. The molecule has 0 aliphatic heterocycles. The van der Waals surface area contributed by atoms with Crippen LogP contribution in [0.3, 0.4) is 0 Å². The zero-order valence-corrected chi connectivity index (χ0v) is 11.8. The first-order valence-electron chi connectivity index (χ1n) is 5.94. The number of hydrogen-bond acceptors (Lipinski definition) is 3. The lowest BCUT2D eigenvalue weighted by atomic mass is 10.1. The standard InChI is InChI=1S/C13H17N3OS/c1-4-5-15-13(17)8-18-12-7-9(2)11(16-14)6-10(12)3/h6-7H,4-5,8H2,1-3H3/p+1. The van der Waals surface area contributed by atoms with Crippen molar-refractivity contribution in [1.29, 1.82) is 5.39 Å². The number of hydrogen-bond donors (Lipinski definition) is 1. The highest BCUT2D eigenvalue weighted by molar-refractivity contribution is 8.00. The van der Waals surface area contributed by atoms with E-state index in [1.807, 2.05) is 32.9 Å². The lowest BCUT2D eigenvalue weighted by molar-refractivity contribution is -0.118. The third kappa shape index (κ3) is 4.04. The van der Waals surface area contributed by atoms with Gasteiger partial charge in [-0.05, 0) is 31.9 Å². The second kappa shape index (κ2) is 7.02. The highest BCUT2D eigenvalue weighted by Gasteiger charge is 2.14. The number of aryl methyl sites for hydroxylation is 2. The summed E-state index contributed by atoms with van der Waals surface area (Å²) in [6.07, 6.45) is 0.946. The number of carbonyl (C=O) groups is 1. The third-order valence-corrected chi connectivity index (χ3v) is 3.69. The van der Waals surface area contributed by atoms with Crippen molar-refractivity contribution >= 4 is 23.4 Å². The highest BCUT2D eigenvalue weighted by atomic mass is 32.2. The van der Waals surface area contributed by atoms with Crippen LogP contribution in [0.5, 0.6) is 0 Å². The Morgan fingerprint density at radius 1 is 1.39 bits per heavy atom. The number of amides is 1. The summed E-state index contributed by atoms with van der Waals surface area (Å²) in [5.41, 5.74) is 2.49. The number of thioether (sulfide) groups is 1. The van der Waals surface area contributed by atoms with Gasteiger partial charge in [-0.15, -0.1) is 11.8 Å². The molecule has 1 aromatic carbocycles. The molecule has 0 bridgehead atoms.